The molecule has 1 rings (SSSR count). The molecule has 0 bridgehead atoms. The molecule has 1 aliphatic rings. The van der Waals surface area contributed by atoms with Crippen molar-refractivity contribution >= 4 is 0 Å². The Labute approximate surface area is 96.0 Å². The fourth-order valence-electron chi connectivity index (χ4n) is 3.10. The second-order valence-corrected chi connectivity index (χ2v) is 5.21. The predicted molar refractivity (Wildman–Crippen MR) is 68.1 cm³/mol. The van der Waals surface area contributed by atoms with Crippen LogP contribution < -0.4 is 5.32 Å². The maximum absolute atomic E-state index is 3.39. The van der Waals surface area contributed by atoms with Crippen LogP contribution in [0, 0.1) is 11.8 Å². The van der Waals surface area contributed by atoms with E-state index in [0.29, 0.717) is 0 Å². The van der Waals surface area contributed by atoms with Gasteiger partial charge in [0, 0.05) is 0 Å². The Bertz CT molecular complexity index is 128. The van der Waals surface area contributed by atoms with E-state index in [9.17, 15) is 0 Å². The van der Waals surface area contributed by atoms with Crippen molar-refractivity contribution in [3.63, 3.8) is 0 Å². The van der Waals surface area contributed by atoms with Crippen molar-refractivity contribution in [2.45, 2.75) is 64.7 Å². The molecule has 0 aromatic rings. The maximum atomic E-state index is 3.39. The molecule has 1 aliphatic carbocycles. The van der Waals surface area contributed by atoms with Crippen LogP contribution in [-0.4, -0.2) is 13.6 Å². The van der Waals surface area contributed by atoms with Gasteiger partial charge in [-0.15, -0.1) is 0 Å². The Hall–Kier alpha value is -0.0400. The topological polar surface area (TPSA) is 12.0 Å². The van der Waals surface area contributed by atoms with Crippen molar-refractivity contribution in [2.75, 3.05) is 13.6 Å². The van der Waals surface area contributed by atoms with Crippen molar-refractivity contribution in [2.24, 2.45) is 11.8 Å². The molecule has 0 spiro atoms. The average Bonchev–Trinajstić information content (AvgIpc) is 2.34. The quantitative estimate of drug-likeness (QED) is 0.741. The number of hydrogen-bond donors (Lipinski definition) is 1. The van der Waals surface area contributed by atoms with E-state index in [1.54, 1.807) is 0 Å². The van der Waals surface area contributed by atoms with Gasteiger partial charge in [-0.25, -0.2) is 0 Å². The largest absolute Gasteiger partial charge is 0.319 e. The van der Waals surface area contributed by atoms with Crippen molar-refractivity contribution in [3.8, 4) is 0 Å². The molecule has 0 saturated heterocycles. The predicted octanol–water partition coefficient (Wildman–Crippen LogP) is 3.98. The standard InChI is InChI=1S/C14H29N/c1-3-9-13-10-7-5-4-6-8-11-14(13)12-15-2/h13-15H,3-12H2,1-2H3. The molecule has 1 nitrogen and oxygen atoms in total. The molecular weight excluding hydrogens is 182 g/mol. The van der Waals surface area contributed by atoms with E-state index in [1.165, 1.54) is 64.3 Å². The highest BCUT2D eigenvalue weighted by atomic mass is 14.8. The number of nitrogens with one attached hydrogen (secondary N) is 1. The van der Waals surface area contributed by atoms with Crippen LogP contribution in [0.1, 0.15) is 64.7 Å². The average molecular weight is 211 g/mol. The van der Waals surface area contributed by atoms with Crippen LogP contribution >= 0.6 is 0 Å². The van der Waals surface area contributed by atoms with Gasteiger partial charge in [0.15, 0.2) is 0 Å². The van der Waals surface area contributed by atoms with Crippen molar-refractivity contribution < 1.29 is 0 Å². The van der Waals surface area contributed by atoms with Gasteiger partial charge in [0.1, 0.15) is 0 Å². The first-order valence-electron chi connectivity index (χ1n) is 7.03. The summed E-state index contributed by atoms with van der Waals surface area (Å²) in [4.78, 5) is 0. The first-order valence-corrected chi connectivity index (χ1v) is 7.03. The van der Waals surface area contributed by atoms with Gasteiger partial charge in [-0.2, -0.15) is 0 Å². The smallest absolute Gasteiger partial charge is 0.00209 e. The van der Waals surface area contributed by atoms with Crippen LogP contribution in [0.3, 0.4) is 0 Å². The molecule has 1 heteroatoms. The van der Waals surface area contributed by atoms with E-state index in [0.717, 1.165) is 11.8 Å². The Morgan fingerprint density at radius 3 is 2.13 bits per heavy atom. The lowest BCUT2D eigenvalue weighted by Gasteiger charge is -2.26. The summed E-state index contributed by atoms with van der Waals surface area (Å²) in [5, 5.41) is 3.39. The molecule has 0 amide bonds. The minimum absolute atomic E-state index is 0.952. The summed E-state index contributed by atoms with van der Waals surface area (Å²) in [6.07, 6.45) is 13.1. The van der Waals surface area contributed by atoms with Crippen LogP contribution in [-0.2, 0) is 0 Å². The minimum Gasteiger partial charge on any atom is -0.319 e. The molecule has 0 aliphatic heterocycles. The SMILES string of the molecule is CCCC1CCCCCCCC1CNC. The van der Waals surface area contributed by atoms with Crippen LogP contribution in [0.25, 0.3) is 0 Å². The molecule has 1 saturated carbocycles. The first-order chi connectivity index (χ1) is 7.38. The highest BCUT2D eigenvalue weighted by Crippen LogP contribution is 2.30. The van der Waals surface area contributed by atoms with Gasteiger partial charge < -0.3 is 5.32 Å². The normalized spacial score (nSPS) is 29.2. The molecular formula is C14H29N. The van der Waals surface area contributed by atoms with Gasteiger partial charge in [-0.05, 0) is 31.8 Å². The van der Waals surface area contributed by atoms with Crippen molar-refractivity contribution in [3.05, 3.63) is 0 Å². The van der Waals surface area contributed by atoms with Gasteiger partial charge in [-0.1, -0.05) is 58.3 Å². The molecule has 1 N–H and O–H groups in total. The van der Waals surface area contributed by atoms with Gasteiger partial charge in [0.05, 0.1) is 0 Å². The van der Waals surface area contributed by atoms with Gasteiger partial charge >= 0.3 is 0 Å². The molecule has 90 valence electrons. The molecule has 2 atom stereocenters. The molecule has 0 heterocycles. The Kier molecular flexibility index (Phi) is 7.08. The molecule has 2 unspecified atom stereocenters. The Balaban J connectivity index is 2.46. The number of rotatable bonds is 4. The molecule has 1 fully saturated rings. The van der Waals surface area contributed by atoms with E-state index in [-0.39, 0.29) is 0 Å². The van der Waals surface area contributed by atoms with Gasteiger partial charge in [-0.3, -0.25) is 0 Å². The first kappa shape index (κ1) is 13.0. The third-order valence-corrected chi connectivity index (χ3v) is 3.94. The Morgan fingerprint density at radius 2 is 1.53 bits per heavy atom. The van der Waals surface area contributed by atoms with Gasteiger partial charge in [0.2, 0.25) is 0 Å². The fourth-order valence-corrected chi connectivity index (χ4v) is 3.10. The second-order valence-electron chi connectivity index (χ2n) is 5.21. The fraction of sp³-hybridized carbons (Fsp3) is 1.00. The van der Waals surface area contributed by atoms with E-state index in [1.807, 2.05) is 0 Å². The lowest BCUT2D eigenvalue weighted by molar-refractivity contribution is 0.267. The monoisotopic (exact) mass is 211 g/mol. The van der Waals surface area contributed by atoms with Gasteiger partial charge in [0.25, 0.3) is 0 Å². The summed E-state index contributed by atoms with van der Waals surface area (Å²) >= 11 is 0. The summed E-state index contributed by atoms with van der Waals surface area (Å²) in [6.45, 7) is 3.58. The van der Waals surface area contributed by atoms with Crippen LogP contribution in [0.2, 0.25) is 0 Å². The summed E-state index contributed by atoms with van der Waals surface area (Å²) in [6, 6.07) is 0. The lowest BCUT2D eigenvalue weighted by Crippen LogP contribution is -2.26. The summed E-state index contributed by atoms with van der Waals surface area (Å²) in [5.41, 5.74) is 0. The summed E-state index contributed by atoms with van der Waals surface area (Å²) in [5.74, 6) is 1.95. The van der Waals surface area contributed by atoms with E-state index in [2.05, 4.69) is 19.3 Å². The summed E-state index contributed by atoms with van der Waals surface area (Å²) in [7, 11) is 2.11. The van der Waals surface area contributed by atoms with Crippen LogP contribution in [0.4, 0.5) is 0 Å². The molecule has 0 radical (unpaired) electrons. The number of hydrogen-bond acceptors (Lipinski definition) is 1. The van der Waals surface area contributed by atoms with E-state index >= 15 is 0 Å². The van der Waals surface area contributed by atoms with E-state index in [4.69, 9.17) is 0 Å². The highest BCUT2D eigenvalue weighted by Gasteiger charge is 2.20. The molecule has 0 aromatic heterocycles. The zero-order valence-corrected chi connectivity index (χ0v) is 10.7. The minimum atomic E-state index is 0.952. The second kappa shape index (κ2) is 8.15. The maximum Gasteiger partial charge on any atom is -0.00209 e. The zero-order valence-electron chi connectivity index (χ0n) is 10.7. The van der Waals surface area contributed by atoms with Crippen molar-refractivity contribution in [1.29, 1.82) is 0 Å². The van der Waals surface area contributed by atoms with Crippen LogP contribution in [0.5, 0.6) is 0 Å². The van der Waals surface area contributed by atoms with Crippen molar-refractivity contribution in [1.82, 2.24) is 5.32 Å². The van der Waals surface area contributed by atoms with E-state index < -0.39 is 0 Å². The molecule has 15 heavy (non-hydrogen) atoms. The summed E-state index contributed by atoms with van der Waals surface area (Å²) < 4.78 is 0. The zero-order chi connectivity index (χ0) is 10.9. The lowest BCUT2D eigenvalue weighted by atomic mass is 9.82. The third kappa shape index (κ3) is 5.01. The van der Waals surface area contributed by atoms with Crippen LogP contribution in [0.15, 0.2) is 0 Å². The third-order valence-electron chi connectivity index (χ3n) is 3.94. The highest BCUT2D eigenvalue weighted by molar-refractivity contribution is 4.73. The molecule has 0 aromatic carbocycles. The Morgan fingerprint density at radius 1 is 0.933 bits per heavy atom.